The minimum atomic E-state index is -0.976. The maximum Gasteiger partial charge on any atom is 0.335 e. The summed E-state index contributed by atoms with van der Waals surface area (Å²) in [5.74, 6) is 0.653. The van der Waals surface area contributed by atoms with Crippen LogP contribution in [0.3, 0.4) is 0 Å². The van der Waals surface area contributed by atoms with Crippen molar-refractivity contribution in [2.24, 2.45) is 5.10 Å². The number of rotatable bonds is 6. The average Bonchev–Trinajstić information content (AvgIpc) is 3.23. The molecule has 0 aliphatic carbocycles. The first-order valence-corrected chi connectivity index (χ1v) is 10.9. The number of carboxylic acid groups (broad SMARTS) is 1. The Balaban J connectivity index is 1.71. The van der Waals surface area contributed by atoms with Crippen molar-refractivity contribution in [3.05, 3.63) is 86.1 Å². The van der Waals surface area contributed by atoms with E-state index in [0.717, 1.165) is 22.0 Å². The molecule has 0 bridgehead atoms. The van der Waals surface area contributed by atoms with Gasteiger partial charge in [0.1, 0.15) is 17.3 Å². The molecule has 2 aromatic carbocycles. The number of aromatic carboxylic acids is 1. The van der Waals surface area contributed by atoms with Gasteiger partial charge in [0, 0.05) is 16.5 Å². The molecular formula is C24H20BrN3O4. The van der Waals surface area contributed by atoms with Crippen LogP contribution in [0.4, 0.5) is 0 Å². The molecule has 0 unspecified atom stereocenters. The molecule has 0 aliphatic rings. The fourth-order valence-corrected chi connectivity index (χ4v) is 3.82. The highest BCUT2D eigenvalue weighted by Crippen LogP contribution is 2.26. The van der Waals surface area contributed by atoms with Crippen molar-refractivity contribution in [1.82, 2.24) is 9.66 Å². The van der Waals surface area contributed by atoms with Crippen LogP contribution in [-0.4, -0.2) is 27.0 Å². The van der Waals surface area contributed by atoms with E-state index in [4.69, 9.17) is 9.52 Å². The predicted molar refractivity (Wildman–Crippen MR) is 127 cm³/mol. The first-order chi connectivity index (χ1) is 15.4. The van der Waals surface area contributed by atoms with E-state index in [-0.39, 0.29) is 11.1 Å². The Hall–Kier alpha value is -3.52. The average molecular weight is 494 g/mol. The monoisotopic (exact) mass is 493 g/mol. The zero-order chi connectivity index (χ0) is 22.8. The zero-order valence-electron chi connectivity index (χ0n) is 17.5. The lowest BCUT2D eigenvalue weighted by Gasteiger charge is -2.08. The summed E-state index contributed by atoms with van der Waals surface area (Å²) in [4.78, 5) is 28.8. The summed E-state index contributed by atoms with van der Waals surface area (Å²) in [7, 11) is 0. The third-order valence-corrected chi connectivity index (χ3v) is 5.51. The lowest BCUT2D eigenvalue weighted by molar-refractivity contribution is 0.0697. The van der Waals surface area contributed by atoms with Crippen molar-refractivity contribution in [1.29, 1.82) is 0 Å². The minimum absolute atomic E-state index is 0.220. The number of hydrogen-bond acceptors (Lipinski definition) is 5. The first kappa shape index (κ1) is 21.7. The van der Waals surface area contributed by atoms with E-state index < -0.39 is 5.97 Å². The van der Waals surface area contributed by atoms with Gasteiger partial charge in [-0.25, -0.2) is 9.78 Å². The Labute approximate surface area is 192 Å². The van der Waals surface area contributed by atoms with Gasteiger partial charge in [0.05, 0.1) is 22.7 Å². The molecule has 0 saturated carbocycles. The Morgan fingerprint density at radius 3 is 2.75 bits per heavy atom. The van der Waals surface area contributed by atoms with Gasteiger partial charge in [0.15, 0.2) is 0 Å². The first-order valence-electron chi connectivity index (χ1n) is 10.1. The molecule has 0 atom stereocenters. The summed E-state index contributed by atoms with van der Waals surface area (Å²) < 4.78 is 7.99. The maximum absolute atomic E-state index is 13.1. The number of nitrogens with zero attached hydrogens (tertiary/aromatic N) is 3. The van der Waals surface area contributed by atoms with Gasteiger partial charge >= 0.3 is 5.97 Å². The van der Waals surface area contributed by atoms with Crippen LogP contribution >= 0.6 is 15.9 Å². The van der Waals surface area contributed by atoms with Gasteiger partial charge in [-0.15, -0.1) is 0 Å². The molecule has 8 heteroatoms. The molecule has 1 N–H and O–H groups in total. The van der Waals surface area contributed by atoms with E-state index in [2.05, 4.69) is 26.0 Å². The van der Waals surface area contributed by atoms with Crippen molar-refractivity contribution < 1.29 is 14.3 Å². The summed E-state index contributed by atoms with van der Waals surface area (Å²) in [6.45, 7) is 3.84. The molecule has 0 aliphatic heterocycles. The molecule has 2 aromatic heterocycles. The lowest BCUT2D eigenvalue weighted by Crippen LogP contribution is -2.22. The number of carboxylic acids is 1. The second kappa shape index (κ2) is 8.92. The molecule has 0 fully saturated rings. The highest BCUT2D eigenvalue weighted by Gasteiger charge is 2.12. The molecule has 0 spiro atoms. The largest absolute Gasteiger partial charge is 0.478 e. The summed E-state index contributed by atoms with van der Waals surface area (Å²) in [5, 5.41) is 14.0. The van der Waals surface area contributed by atoms with Crippen LogP contribution in [0.2, 0.25) is 0 Å². The summed E-state index contributed by atoms with van der Waals surface area (Å²) in [6.07, 6.45) is 2.91. The summed E-state index contributed by atoms with van der Waals surface area (Å²) in [6, 6.07) is 13.8. The van der Waals surface area contributed by atoms with Crippen molar-refractivity contribution in [3.8, 4) is 11.3 Å². The SMILES string of the molecule is CCCc1nc2ccc(Br)cc2c(=O)n1N=Cc1ccc(-c2ccc(C(=O)O)cc2C)o1. The highest BCUT2D eigenvalue weighted by molar-refractivity contribution is 9.10. The van der Waals surface area contributed by atoms with Crippen molar-refractivity contribution in [2.75, 3.05) is 0 Å². The third-order valence-electron chi connectivity index (χ3n) is 5.02. The fraction of sp³-hybridized carbons (Fsp3) is 0.167. The van der Waals surface area contributed by atoms with Crippen LogP contribution in [-0.2, 0) is 6.42 Å². The Kier molecular flexibility index (Phi) is 6.05. The maximum atomic E-state index is 13.1. The standard InChI is InChI=1S/C24H20BrN3O4/c1-3-4-22-27-20-9-6-16(25)12-19(20)23(29)28(22)26-13-17-7-10-21(32-17)18-8-5-15(24(30)31)11-14(18)2/h5-13H,3-4H2,1-2H3,(H,30,31). The van der Waals surface area contributed by atoms with Crippen LogP contribution in [0.1, 0.15) is 40.9 Å². The number of aryl methyl sites for hydroxylation is 2. The van der Waals surface area contributed by atoms with Crippen LogP contribution < -0.4 is 5.56 Å². The molecule has 4 rings (SSSR count). The summed E-state index contributed by atoms with van der Waals surface area (Å²) in [5.41, 5.74) is 2.18. The van der Waals surface area contributed by atoms with E-state index in [1.165, 1.54) is 17.0 Å². The minimum Gasteiger partial charge on any atom is -0.478 e. The quantitative estimate of drug-likeness (QED) is 0.369. The summed E-state index contributed by atoms with van der Waals surface area (Å²) >= 11 is 3.40. The van der Waals surface area contributed by atoms with Gasteiger partial charge in [0.25, 0.3) is 5.56 Å². The predicted octanol–water partition coefficient (Wildman–Crippen LogP) is 5.26. The molecule has 0 amide bonds. The molecule has 162 valence electrons. The Morgan fingerprint density at radius 1 is 1.22 bits per heavy atom. The Bertz CT molecular complexity index is 1420. The number of benzene rings is 2. The van der Waals surface area contributed by atoms with Crippen LogP contribution in [0.25, 0.3) is 22.2 Å². The van der Waals surface area contributed by atoms with E-state index in [1.807, 2.05) is 26.0 Å². The molecule has 2 heterocycles. The van der Waals surface area contributed by atoms with Gasteiger partial charge in [-0.2, -0.15) is 9.78 Å². The van der Waals surface area contributed by atoms with Gasteiger partial charge < -0.3 is 9.52 Å². The normalized spacial score (nSPS) is 11.5. The van der Waals surface area contributed by atoms with Crippen LogP contribution in [0.5, 0.6) is 0 Å². The zero-order valence-corrected chi connectivity index (χ0v) is 19.1. The number of furan rings is 1. The highest BCUT2D eigenvalue weighted by atomic mass is 79.9. The number of aromatic nitrogens is 2. The van der Waals surface area contributed by atoms with E-state index in [9.17, 15) is 9.59 Å². The van der Waals surface area contributed by atoms with Crippen molar-refractivity contribution in [2.45, 2.75) is 26.7 Å². The molecule has 7 nitrogen and oxygen atoms in total. The van der Waals surface area contributed by atoms with Gasteiger partial charge in [-0.3, -0.25) is 4.79 Å². The second-order valence-electron chi connectivity index (χ2n) is 7.34. The topological polar surface area (TPSA) is 97.7 Å². The van der Waals surface area contributed by atoms with Crippen molar-refractivity contribution >= 4 is 39.0 Å². The molecule has 4 aromatic rings. The van der Waals surface area contributed by atoms with E-state index >= 15 is 0 Å². The molecule has 0 radical (unpaired) electrons. The second-order valence-corrected chi connectivity index (χ2v) is 8.25. The number of hydrogen-bond donors (Lipinski definition) is 1. The Morgan fingerprint density at radius 2 is 2.03 bits per heavy atom. The van der Waals surface area contributed by atoms with Gasteiger partial charge in [0.2, 0.25) is 0 Å². The smallest absolute Gasteiger partial charge is 0.335 e. The molecule has 32 heavy (non-hydrogen) atoms. The molecular weight excluding hydrogens is 474 g/mol. The fourth-order valence-electron chi connectivity index (χ4n) is 3.45. The van der Waals surface area contributed by atoms with Crippen molar-refractivity contribution in [3.63, 3.8) is 0 Å². The number of halogens is 1. The third kappa shape index (κ3) is 4.27. The van der Waals surface area contributed by atoms with Crippen LogP contribution in [0.15, 0.2) is 67.3 Å². The van der Waals surface area contributed by atoms with Gasteiger partial charge in [-0.05, 0) is 61.4 Å². The van der Waals surface area contributed by atoms with Crippen LogP contribution in [0, 0.1) is 6.92 Å². The van der Waals surface area contributed by atoms with Gasteiger partial charge in [-0.1, -0.05) is 28.9 Å². The number of carbonyl (C=O) groups is 1. The number of fused-ring (bicyclic) bond motifs is 1. The lowest BCUT2D eigenvalue weighted by atomic mass is 10.0. The molecule has 0 saturated heterocycles. The van der Waals surface area contributed by atoms with E-state index in [1.54, 1.807) is 30.3 Å². The van der Waals surface area contributed by atoms with E-state index in [0.29, 0.717) is 34.7 Å².